The number of carbonyl (C=O) groups is 1. The van der Waals surface area contributed by atoms with Crippen LogP contribution in [-0.4, -0.2) is 32.4 Å². The van der Waals surface area contributed by atoms with E-state index in [0.29, 0.717) is 6.61 Å². The number of ketones is 1. The van der Waals surface area contributed by atoms with Gasteiger partial charge < -0.3 is 9.16 Å². The van der Waals surface area contributed by atoms with Gasteiger partial charge in [0.05, 0.1) is 18.6 Å². The molecule has 4 atom stereocenters. The number of carbonyl (C=O) groups excluding carboxylic acids is 1. The lowest BCUT2D eigenvalue weighted by molar-refractivity contribution is -0.136. The number of Topliss-reactive ketones (excluding diaryl/α,β-unsaturated/α-hetero) is 1. The average molecular weight is 317 g/mol. The molecule has 94 valence electrons. The van der Waals surface area contributed by atoms with Crippen LogP contribution >= 0.6 is 15.9 Å². The van der Waals surface area contributed by atoms with E-state index in [9.17, 15) is 4.79 Å². The molecule has 1 saturated heterocycles. The SMILES string of the molecule is C[Si](C)(C)O[C@@H]1CC2C(Br)=CC1C(=O)[C@]21CO1. The molecule has 0 aromatic rings. The molecule has 2 fully saturated rings. The summed E-state index contributed by atoms with van der Waals surface area (Å²) in [7, 11) is -1.60. The Morgan fingerprint density at radius 3 is 2.71 bits per heavy atom. The number of halogens is 1. The maximum atomic E-state index is 12.4. The molecule has 0 aromatic carbocycles. The molecule has 0 N–H and O–H groups in total. The summed E-state index contributed by atoms with van der Waals surface area (Å²) < 4.78 is 12.8. The number of epoxide rings is 1. The zero-order chi connectivity index (χ0) is 12.4. The lowest BCUT2D eigenvalue weighted by atomic mass is 9.66. The van der Waals surface area contributed by atoms with Gasteiger partial charge in [-0.3, -0.25) is 4.79 Å². The van der Waals surface area contributed by atoms with Crippen LogP contribution in [0.4, 0.5) is 0 Å². The summed E-state index contributed by atoms with van der Waals surface area (Å²) in [6, 6.07) is 0. The second-order valence-electron chi connectivity index (χ2n) is 6.18. The Hall–Kier alpha value is 0.0269. The van der Waals surface area contributed by atoms with Gasteiger partial charge in [-0.1, -0.05) is 22.0 Å². The van der Waals surface area contributed by atoms with E-state index in [1.54, 1.807) is 0 Å². The fourth-order valence-corrected chi connectivity index (χ4v) is 4.99. The van der Waals surface area contributed by atoms with Gasteiger partial charge in [-0.15, -0.1) is 0 Å². The molecule has 1 heterocycles. The molecular formula is C12H17BrO3Si. The predicted molar refractivity (Wildman–Crippen MR) is 70.5 cm³/mol. The molecule has 1 saturated carbocycles. The molecule has 1 spiro atoms. The van der Waals surface area contributed by atoms with Crippen LogP contribution in [0.1, 0.15) is 6.42 Å². The predicted octanol–water partition coefficient (Wildman–Crippen LogP) is 2.47. The van der Waals surface area contributed by atoms with E-state index in [-0.39, 0.29) is 23.7 Å². The standard InChI is InChI=1S/C12H17BrO3Si/c1-17(2,3)16-10-5-8-9(13)4-7(10)11(14)12(8)6-15-12/h4,7-8,10H,5-6H2,1-3H3/t7?,8?,10-,12+/m1/s1. The van der Waals surface area contributed by atoms with E-state index in [1.165, 1.54) is 0 Å². The first kappa shape index (κ1) is 12.1. The molecule has 17 heavy (non-hydrogen) atoms. The minimum absolute atomic E-state index is 0.0651. The number of hydrogen-bond acceptors (Lipinski definition) is 3. The lowest BCUT2D eigenvalue weighted by Crippen LogP contribution is -2.55. The molecule has 0 aromatic heterocycles. The van der Waals surface area contributed by atoms with Crippen LogP contribution in [0.5, 0.6) is 0 Å². The smallest absolute Gasteiger partial charge is 0.184 e. The van der Waals surface area contributed by atoms with Crippen molar-refractivity contribution >= 4 is 30.0 Å². The van der Waals surface area contributed by atoms with E-state index >= 15 is 0 Å². The number of rotatable bonds is 2. The normalized spacial score (nSPS) is 44.1. The summed E-state index contributed by atoms with van der Waals surface area (Å²) in [5.41, 5.74) is -0.489. The number of hydrogen-bond donors (Lipinski definition) is 0. The molecule has 4 aliphatic rings. The highest BCUT2D eigenvalue weighted by atomic mass is 79.9. The molecular weight excluding hydrogens is 300 g/mol. The number of ether oxygens (including phenoxy) is 1. The second-order valence-corrected chi connectivity index (χ2v) is 11.6. The summed E-state index contributed by atoms with van der Waals surface area (Å²) in [5.74, 6) is 0.310. The van der Waals surface area contributed by atoms with Gasteiger partial charge in [0, 0.05) is 5.92 Å². The molecule has 5 heteroatoms. The largest absolute Gasteiger partial charge is 0.414 e. The topological polar surface area (TPSA) is 38.8 Å². The zero-order valence-electron chi connectivity index (χ0n) is 10.3. The molecule has 3 nitrogen and oxygen atoms in total. The van der Waals surface area contributed by atoms with Crippen LogP contribution in [0.15, 0.2) is 10.6 Å². The molecule has 4 rings (SSSR count). The highest BCUT2D eigenvalue weighted by Crippen LogP contribution is 2.55. The Morgan fingerprint density at radius 2 is 2.18 bits per heavy atom. The highest BCUT2D eigenvalue weighted by molar-refractivity contribution is 9.11. The third-order valence-electron chi connectivity index (χ3n) is 3.78. The van der Waals surface area contributed by atoms with Gasteiger partial charge in [0.15, 0.2) is 19.7 Å². The molecule has 2 bridgehead atoms. The number of fused-ring (bicyclic) bond motifs is 1. The molecule has 2 unspecified atom stereocenters. The van der Waals surface area contributed by atoms with Gasteiger partial charge in [0.2, 0.25) is 0 Å². The van der Waals surface area contributed by atoms with Gasteiger partial charge in [-0.2, -0.15) is 0 Å². The van der Waals surface area contributed by atoms with E-state index in [1.807, 2.05) is 6.08 Å². The molecule has 0 radical (unpaired) electrons. The Morgan fingerprint density at radius 1 is 1.53 bits per heavy atom. The first-order chi connectivity index (χ1) is 7.83. The molecule has 3 aliphatic carbocycles. The van der Waals surface area contributed by atoms with Crippen molar-refractivity contribution in [1.82, 2.24) is 0 Å². The third-order valence-corrected chi connectivity index (χ3v) is 5.61. The summed E-state index contributed by atoms with van der Waals surface area (Å²) in [6.45, 7) is 7.10. The first-order valence-corrected chi connectivity index (χ1v) is 10.3. The van der Waals surface area contributed by atoms with Crippen molar-refractivity contribution in [3.05, 3.63) is 10.6 Å². The van der Waals surface area contributed by atoms with Crippen molar-refractivity contribution in [2.24, 2.45) is 11.8 Å². The second kappa shape index (κ2) is 3.53. The molecule has 0 amide bonds. The minimum atomic E-state index is -1.60. The first-order valence-electron chi connectivity index (χ1n) is 6.07. The Balaban J connectivity index is 1.88. The maximum Gasteiger partial charge on any atom is 0.184 e. The van der Waals surface area contributed by atoms with Gasteiger partial charge in [-0.25, -0.2) is 0 Å². The van der Waals surface area contributed by atoms with Crippen LogP contribution in [0, 0.1) is 11.8 Å². The maximum absolute atomic E-state index is 12.4. The lowest BCUT2D eigenvalue weighted by Gasteiger charge is -2.44. The van der Waals surface area contributed by atoms with Crippen LogP contribution < -0.4 is 0 Å². The van der Waals surface area contributed by atoms with Crippen molar-refractivity contribution in [1.29, 1.82) is 0 Å². The summed E-state index contributed by atoms with van der Waals surface area (Å²) in [4.78, 5) is 12.4. The van der Waals surface area contributed by atoms with Crippen molar-refractivity contribution in [2.45, 2.75) is 37.8 Å². The van der Waals surface area contributed by atoms with E-state index in [4.69, 9.17) is 9.16 Å². The van der Waals surface area contributed by atoms with Gasteiger partial charge >= 0.3 is 0 Å². The zero-order valence-corrected chi connectivity index (χ0v) is 12.9. The fourth-order valence-electron chi connectivity index (χ4n) is 2.99. The Bertz CT molecular complexity index is 408. The quantitative estimate of drug-likeness (QED) is 0.580. The van der Waals surface area contributed by atoms with Crippen LogP contribution in [0.2, 0.25) is 19.6 Å². The van der Waals surface area contributed by atoms with E-state index < -0.39 is 13.9 Å². The minimum Gasteiger partial charge on any atom is -0.414 e. The average Bonchev–Trinajstić information content (AvgIpc) is 2.95. The highest BCUT2D eigenvalue weighted by Gasteiger charge is 2.66. The van der Waals surface area contributed by atoms with Gasteiger partial charge in [0.25, 0.3) is 0 Å². The summed E-state index contributed by atoms with van der Waals surface area (Å²) in [6.07, 6.45) is 3.02. The fraction of sp³-hybridized carbons (Fsp3) is 0.750. The summed E-state index contributed by atoms with van der Waals surface area (Å²) >= 11 is 3.58. The van der Waals surface area contributed by atoms with Crippen molar-refractivity contribution in [2.75, 3.05) is 6.61 Å². The Kier molecular flexibility index (Phi) is 2.51. The van der Waals surface area contributed by atoms with E-state index in [2.05, 4.69) is 35.6 Å². The van der Waals surface area contributed by atoms with Gasteiger partial charge in [0.1, 0.15) is 0 Å². The van der Waals surface area contributed by atoms with Crippen LogP contribution in [0.3, 0.4) is 0 Å². The van der Waals surface area contributed by atoms with Crippen molar-refractivity contribution < 1.29 is 14.0 Å². The Labute approximate surface area is 111 Å². The van der Waals surface area contributed by atoms with Crippen LogP contribution in [0.25, 0.3) is 0 Å². The monoisotopic (exact) mass is 316 g/mol. The third kappa shape index (κ3) is 1.79. The van der Waals surface area contributed by atoms with Crippen LogP contribution in [-0.2, 0) is 14.0 Å². The molecule has 1 aliphatic heterocycles. The van der Waals surface area contributed by atoms with Crippen molar-refractivity contribution in [3.63, 3.8) is 0 Å². The summed E-state index contributed by atoms with van der Waals surface area (Å²) in [5, 5.41) is 0. The van der Waals surface area contributed by atoms with Gasteiger partial charge in [-0.05, 0) is 30.5 Å². The van der Waals surface area contributed by atoms with Crippen molar-refractivity contribution in [3.8, 4) is 0 Å². The van der Waals surface area contributed by atoms with E-state index in [0.717, 1.165) is 10.9 Å².